The van der Waals surface area contributed by atoms with Crippen LogP contribution < -0.4 is 9.47 Å². The number of aromatic hydroxyl groups is 1. The Bertz CT molecular complexity index is 1550. The first kappa shape index (κ1) is 28.7. The Morgan fingerprint density at radius 3 is 2.28 bits per heavy atom. The molecule has 6 nitrogen and oxygen atoms in total. The van der Waals surface area contributed by atoms with Crippen molar-refractivity contribution in [3.05, 3.63) is 78.4 Å². The van der Waals surface area contributed by atoms with E-state index in [2.05, 4.69) is 4.90 Å². The minimum Gasteiger partial charge on any atom is -0.508 e. The van der Waals surface area contributed by atoms with Crippen LogP contribution in [0.1, 0.15) is 24.8 Å². The zero-order valence-electron chi connectivity index (χ0n) is 22.2. The standard InChI is InChI=1S/C31H33NO5S.ClH/c1-22-20-23(7-15-30(22)38(2,34)35)28-13-6-24-21-25(33)8-14-29(24)31(28)37-27-11-9-26(10-12-27)36-19-18-32-16-4-3-5-17-32;/h6-15,20-21,33H,3-5,16-19H2,1-2H3;1H. The van der Waals surface area contributed by atoms with Gasteiger partial charge in [0, 0.05) is 23.8 Å². The van der Waals surface area contributed by atoms with Crippen LogP contribution in [0.2, 0.25) is 0 Å². The van der Waals surface area contributed by atoms with Gasteiger partial charge in [0.2, 0.25) is 0 Å². The van der Waals surface area contributed by atoms with Gasteiger partial charge >= 0.3 is 0 Å². The van der Waals surface area contributed by atoms with Crippen molar-refractivity contribution in [2.24, 2.45) is 0 Å². The maximum Gasteiger partial charge on any atom is 0.175 e. The Morgan fingerprint density at radius 2 is 1.59 bits per heavy atom. The molecule has 206 valence electrons. The second-order valence-corrected chi connectivity index (χ2v) is 11.9. The third kappa shape index (κ3) is 6.85. The number of piperidine rings is 1. The van der Waals surface area contributed by atoms with Crippen LogP contribution in [0.5, 0.6) is 23.0 Å². The summed E-state index contributed by atoms with van der Waals surface area (Å²) in [6, 6.07) is 21.9. The minimum atomic E-state index is -3.32. The number of hydrogen-bond acceptors (Lipinski definition) is 6. The number of halogens is 1. The molecule has 1 saturated heterocycles. The Kier molecular flexibility index (Phi) is 9.05. The van der Waals surface area contributed by atoms with E-state index in [9.17, 15) is 13.5 Å². The molecule has 1 aliphatic rings. The molecular formula is C31H34ClNO5S. The molecule has 1 fully saturated rings. The van der Waals surface area contributed by atoms with Crippen LogP contribution in [0.25, 0.3) is 21.9 Å². The van der Waals surface area contributed by atoms with Gasteiger partial charge in [-0.3, -0.25) is 4.90 Å². The van der Waals surface area contributed by atoms with E-state index in [1.807, 2.05) is 48.5 Å². The number of ether oxygens (including phenoxy) is 2. The smallest absolute Gasteiger partial charge is 0.175 e. The number of benzene rings is 4. The largest absolute Gasteiger partial charge is 0.508 e. The molecule has 4 aromatic carbocycles. The predicted molar refractivity (Wildman–Crippen MR) is 158 cm³/mol. The van der Waals surface area contributed by atoms with Gasteiger partial charge in [-0.25, -0.2) is 8.42 Å². The number of aryl methyl sites for hydroxylation is 1. The van der Waals surface area contributed by atoms with Crippen LogP contribution in [0, 0.1) is 6.92 Å². The number of nitrogens with zero attached hydrogens (tertiary/aromatic N) is 1. The van der Waals surface area contributed by atoms with Crippen molar-refractivity contribution < 1.29 is 23.0 Å². The van der Waals surface area contributed by atoms with E-state index in [1.165, 1.54) is 25.5 Å². The summed E-state index contributed by atoms with van der Waals surface area (Å²) in [5.41, 5.74) is 2.35. The van der Waals surface area contributed by atoms with Crippen LogP contribution in [-0.2, 0) is 9.84 Å². The van der Waals surface area contributed by atoms with Crippen molar-refractivity contribution in [2.45, 2.75) is 31.1 Å². The zero-order valence-corrected chi connectivity index (χ0v) is 23.9. The molecule has 0 aromatic heterocycles. The van der Waals surface area contributed by atoms with Crippen molar-refractivity contribution in [3.63, 3.8) is 0 Å². The van der Waals surface area contributed by atoms with Crippen LogP contribution >= 0.6 is 12.4 Å². The monoisotopic (exact) mass is 567 g/mol. The molecule has 39 heavy (non-hydrogen) atoms. The van der Waals surface area contributed by atoms with Gasteiger partial charge in [-0.15, -0.1) is 12.4 Å². The molecule has 5 rings (SSSR count). The fourth-order valence-electron chi connectivity index (χ4n) is 5.06. The lowest BCUT2D eigenvalue weighted by Crippen LogP contribution is -2.33. The fourth-order valence-corrected chi connectivity index (χ4v) is 6.02. The highest BCUT2D eigenvalue weighted by atomic mass is 35.5. The molecule has 0 radical (unpaired) electrons. The topological polar surface area (TPSA) is 76.1 Å². The molecule has 0 atom stereocenters. The molecule has 4 aromatic rings. The second-order valence-electron chi connectivity index (χ2n) is 9.92. The third-order valence-electron chi connectivity index (χ3n) is 7.01. The van der Waals surface area contributed by atoms with Gasteiger partial charge in [-0.2, -0.15) is 0 Å². The summed E-state index contributed by atoms with van der Waals surface area (Å²) in [5, 5.41) is 11.7. The van der Waals surface area contributed by atoms with Crippen molar-refractivity contribution in [2.75, 3.05) is 32.5 Å². The number of sulfone groups is 1. The van der Waals surface area contributed by atoms with E-state index in [4.69, 9.17) is 9.47 Å². The van der Waals surface area contributed by atoms with Gasteiger partial charge in [0.25, 0.3) is 0 Å². The molecular weight excluding hydrogens is 534 g/mol. The van der Waals surface area contributed by atoms with Crippen molar-refractivity contribution in [3.8, 4) is 34.1 Å². The van der Waals surface area contributed by atoms with E-state index in [0.717, 1.165) is 47.3 Å². The van der Waals surface area contributed by atoms with Crippen LogP contribution in [-0.4, -0.2) is 50.9 Å². The van der Waals surface area contributed by atoms with Gasteiger partial charge in [0.05, 0.1) is 4.90 Å². The van der Waals surface area contributed by atoms with Crippen molar-refractivity contribution >= 4 is 33.0 Å². The molecule has 0 unspecified atom stereocenters. The van der Waals surface area contributed by atoms with Gasteiger partial charge in [-0.1, -0.05) is 24.6 Å². The summed E-state index contributed by atoms with van der Waals surface area (Å²) in [4.78, 5) is 2.76. The molecule has 1 N–H and O–H groups in total. The third-order valence-corrected chi connectivity index (χ3v) is 8.26. The molecule has 0 aliphatic carbocycles. The van der Waals surface area contributed by atoms with Gasteiger partial charge in [0.1, 0.15) is 29.6 Å². The van der Waals surface area contributed by atoms with E-state index < -0.39 is 9.84 Å². The highest BCUT2D eigenvalue weighted by Crippen LogP contribution is 2.41. The highest BCUT2D eigenvalue weighted by molar-refractivity contribution is 7.90. The van der Waals surface area contributed by atoms with Gasteiger partial charge < -0.3 is 14.6 Å². The number of hydrogen-bond donors (Lipinski definition) is 1. The second kappa shape index (κ2) is 12.3. The lowest BCUT2D eigenvalue weighted by molar-refractivity contribution is 0.183. The first-order valence-electron chi connectivity index (χ1n) is 13.0. The van der Waals surface area contributed by atoms with Crippen molar-refractivity contribution in [1.82, 2.24) is 4.90 Å². The van der Waals surface area contributed by atoms with Gasteiger partial charge in [-0.05, 0) is 104 Å². The molecule has 1 aliphatic heterocycles. The maximum absolute atomic E-state index is 12.1. The highest BCUT2D eigenvalue weighted by Gasteiger charge is 2.17. The number of phenolic OH excluding ortho intramolecular Hbond substituents is 1. The molecule has 0 amide bonds. The Labute approximate surface area is 236 Å². The number of fused-ring (bicyclic) bond motifs is 1. The van der Waals surface area contributed by atoms with Gasteiger partial charge in [0.15, 0.2) is 9.84 Å². The first-order chi connectivity index (χ1) is 18.3. The Hall–Kier alpha value is -3.26. The predicted octanol–water partition coefficient (Wildman–Crippen LogP) is 7.00. The zero-order chi connectivity index (χ0) is 26.7. The summed E-state index contributed by atoms with van der Waals surface area (Å²) in [5.74, 6) is 2.26. The Morgan fingerprint density at radius 1 is 0.872 bits per heavy atom. The van der Waals surface area contributed by atoms with E-state index >= 15 is 0 Å². The molecule has 0 saturated carbocycles. The van der Waals surface area contributed by atoms with Crippen LogP contribution in [0.4, 0.5) is 0 Å². The lowest BCUT2D eigenvalue weighted by atomic mass is 9.98. The minimum absolute atomic E-state index is 0. The summed E-state index contributed by atoms with van der Waals surface area (Å²) < 4.78 is 36.7. The fraction of sp³-hybridized carbons (Fsp3) is 0.290. The first-order valence-corrected chi connectivity index (χ1v) is 14.9. The number of likely N-dealkylation sites (tertiary alicyclic amines) is 1. The molecule has 0 bridgehead atoms. The molecule has 1 heterocycles. The summed E-state index contributed by atoms with van der Waals surface area (Å²) in [6.07, 6.45) is 5.07. The molecule has 0 spiro atoms. The van der Waals surface area contributed by atoms with Crippen LogP contribution in [0.3, 0.4) is 0 Å². The Balaban J connectivity index is 0.00000353. The quantitative estimate of drug-likeness (QED) is 0.247. The number of rotatable bonds is 8. The lowest BCUT2D eigenvalue weighted by Gasteiger charge is -2.26. The summed E-state index contributed by atoms with van der Waals surface area (Å²) in [7, 11) is -3.32. The van der Waals surface area contributed by atoms with E-state index in [1.54, 1.807) is 31.2 Å². The summed E-state index contributed by atoms with van der Waals surface area (Å²) in [6.45, 7) is 5.68. The molecule has 8 heteroatoms. The average molecular weight is 568 g/mol. The van der Waals surface area contributed by atoms with E-state index in [0.29, 0.717) is 28.6 Å². The van der Waals surface area contributed by atoms with E-state index in [-0.39, 0.29) is 18.2 Å². The van der Waals surface area contributed by atoms with Crippen LogP contribution in [0.15, 0.2) is 77.7 Å². The average Bonchev–Trinajstić information content (AvgIpc) is 2.89. The summed E-state index contributed by atoms with van der Waals surface area (Å²) >= 11 is 0. The SMILES string of the molecule is Cc1cc(-c2ccc3cc(O)ccc3c2Oc2ccc(OCCN3CCCCC3)cc2)ccc1S(C)(=O)=O.Cl. The van der Waals surface area contributed by atoms with Crippen molar-refractivity contribution in [1.29, 1.82) is 0 Å². The maximum atomic E-state index is 12.1. The normalized spacial score (nSPS) is 14.1. The number of phenols is 1.